The van der Waals surface area contributed by atoms with Crippen LogP contribution in [0.5, 0.6) is 0 Å². The first-order valence-corrected chi connectivity index (χ1v) is 7.18. The molecular weight excluding hydrogens is 312 g/mol. The van der Waals surface area contributed by atoms with Gasteiger partial charge in [-0.2, -0.15) is 0 Å². The zero-order valence-corrected chi connectivity index (χ0v) is 13.0. The van der Waals surface area contributed by atoms with Gasteiger partial charge in [0.15, 0.2) is 0 Å². The molecule has 2 aromatic rings. The van der Waals surface area contributed by atoms with E-state index in [4.69, 9.17) is 5.73 Å². The topological polar surface area (TPSA) is 55.0 Å². The Hall–Kier alpha value is -1.14. The maximum absolute atomic E-state index is 5.83. The molecule has 0 aliphatic rings. The second kappa shape index (κ2) is 5.24. The van der Waals surface area contributed by atoms with Gasteiger partial charge in [0.25, 0.3) is 0 Å². The first kappa shape index (κ1) is 13.3. The Morgan fingerprint density at radius 2 is 2.11 bits per heavy atom. The summed E-state index contributed by atoms with van der Waals surface area (Å²) >= 11 is 5.22. The number of pyridine rings is 1. The highest BCUT2D eigenvalue weighted by atomic mass is 79.9. The first-order chi connectivity index (χ1) is 8.50. The number of nitrogens with zero attached hydrogens (tertiary/aromatic N) is 3. The Morgan fingerprint density at radius 3 is 2.72 bits per heavy atom. The molecule has 2 N–H and O–H groups in total. The van der Waals surface area contributed by atoms with Crippen molar-refractivity contribution >= 4 is 38.8 Å². The van der Waals surface area contributed by atoms with Gasteiger partial charge in [0.2, 0.25) is 0 Å². The van der Waals surface area contributed by atoms with Crippen LogP contribution in [-0.4, -0.2) is 17.0 Å². The average molecular weight is 327 g/mol. The van der Waals surface area contributed by atoms with Gasteiger partial charge < -0.3 is 10.6 Å². The van der Waals surface area contributed by atoms with Gasteiger partial charge in [-0.3, -0.25) is 0 Å². The number of halogens is 1. The van der Waals surface area contributed by atoms with Crippen LogP contribution in [-0.2, 0) is 6.54 Å². The van der Waals surface area contributed by atoms with Crippen molar-refractivity contribution in [3.8, 4) is 0 Å². The van der Waals surface area contributed by atoms with E-state index in [9.17, 15) is 0 Å². The zero-order valence-electron chi connectivity index (χ0n) is 10.6. The summed E-state index contributed by atoms with van der Waals surface area (Å²) in [6.07, 6.45) is 1.70. The van der Waals surface area contributed by atoms with Crippen molar-refractivity contribution in [2.45, 2.75) is 20.4 Å². The third-order valence-electron chi connectivity index (χ3n) is 2.87. The van der Waals surface area contributed by atoms with E-state index < -0.39 is 0 Å². The molecule has 2 rings (SSSR count). The molecule has 96 valence electrons. The fraction of sp³-hybridized carbons (Fsp3) is 0.333. The van der Waals surface area contributed by atoms with Crippen LogP contribution in [0, 0.1) is 13.8 Å². The molecule has 0 atom stereocenters. The van der Waals surface area contributed by atoms with Crippen LogP contribution in [0.4, 0.5) is 11.5 Å². The molecule has 2 aromatic heterocycles. The van der Waals surface area contributed by atoms with E-state index in [0.717, 1.165) is 28.1 Å². The summed E-state index contributed by atoms with van der Waals surface area (Å²) in [6.45, 7) is 4.80. The molecule has 0 spiro atoms. The van der Waals surface area contributed by atoms with Gasteiger partial charge in [-0.25, -0.2) is 9.97 Å². The largest absolute Gasteiger partial charge is 0.397 e. The summed E-state index contributed by atoms with van der Waals surface area (Å²) in [5, 5.41) is 0. The second-order valence-electron chi connectivity index (χ2n) is 4.19. The molecule has 0 amide bonds. The van der Waals surface area contributed by atoms with E-state index in [-0.39, 0.29) is 0 Å². The van der Waals surface area contributed by atoms with Crippen molar-refractivity contribution in [1.82, 2.24) is 9.97 Å². The maximum Gasteiger partial charge on any atom is 0.143 e. The smallest absolute Gasteiger partial charge is 0.143 e. The quantitative estimate of drug-likeness (QED) is 0.941. The summed E-state index contributed by atoms with van der Waals surface area (Å²) in [5.41, 5.74) is 10.5. The SMILES string of the molecule is Cc1ncsc1CN(C)c1ncc(N)c(C)c1Br. The van der Waals surface area contributed by atoms with Crippen LogP contribution in [0.3, 0.4) is 0 Å². The van der Waals surface area contributed by atoms with Gasteiger partial charge >= 0.3 is 0 Å². The predicted octanol–water partition coefficient (Wildman–Crippen LogP) is 3.14. The molecule has 0 radical (unpaired) electrons. The highest BCUT2D eigenvalue weighted by Gasteiger charge is 2.13. The molecule has 0 fully saturated rings. The molecule has 0 aliphatic heterocycles. The van der Waals surface area contributed by atoms with Crippen LogP contribution in [0.25, 0.3) is 0 Å². The Morgan fingerprint density at radius 1 is 1.39 bits per heavy atom. The molecule has 0 unspecified atom stereocenters. The lowest BCUT2D eigenvalue weighted by atomic mass is 10.2. The van der Waals surface area contributed by atoms with Crippen molar-refractivity contribution < 1.29 is 0 Å². The van der Waals surface area contributed by atoms with Gasteiger partial charge in [-0.05, 0) is 35.3 Å². The first-order valence-electron chi connectivity index (χ1n) is 5.51. The van der Waals surface area contributed by atoms with Gasteiger partial charge in [0.05, 0.1) is 34.1 Å². The van der Waals surface area contributed by atoms with E-state index in [1.54, 1.807) is 17.5 Å². The summed E-state index contributed by atoms with van der Waals surface area (Å²) in [4.78, 5) is 12.0. The van der Waals surface area contributed by atoms with Gasteiger partial charge in [-0.15, -0.1) is 11.3 Å². The minimum Gasteiger partial charge on any atom is -0.397 e. The molecule has 0 aromatic carbocycles. The average Bonchev–Trinajstić information content (AvgIpc) is 2.72. The number of nitrogens with two attached hydrogens (primary N) is 1. The second-order valence-corrected chi connectivity index (χ2v) is 5.93. The van der Waals surface area contributed by atoms with E-state index in [2.05, 4.69) is 30.8 Å². The number of nitrogen functional groups attached to an aromatic ring is 1. The van der Waals surface area contributed by atoms with Crippen LogP contribution in [0.15, 0.2) is 16.2 Å². The lowest BCUT2D eigenvalue weighted by Gasteiger charge is -2.20. The molecule has 0 saturated carbocycles. The fourth-order valence-corrected chi connectivity index (χ4v) is 3.08. The van der Waals surface area contributed by atoms with Crippen LogP contribution in [0.2, 0.25) is 0 Å². The minimum absolute atomic E-state index is 0.702. The summed E-state index contributed by atoms with van der Waals surface area (Å²) in [5.74, 6) is 0.898. The van der Waals surface area contributed by atoms with Crippen LogP contribution < -0.4 is 10.6 Å². The molecule has 0 saturated heterocycles. The van der Waals surface area contributed by atoms with Crippen molar-refractivity contribution in [3.63, 3.8) is 0 Å². The maximum atomic E-state index is 5.83. The van der Waals surface area contributed by atoms with Crippen molar-refractivity contribution in [2.24, 2.45) is 0 Å². The summed E-state index contributed by atoms with van der Waals surface area (Å²) in [7, 11) is 2.02. The lowest BCUT2D eigenvalue weighted by Crippen LogP contribution is -2.18. The number of hydrogen-bond acceptors (Lipinski definition) is 5. The Labute approximate surface area is 119 Å². The Balaban J connectivity index is 2.27. The lowest BCUT2D eigenvalue weighted by molar-refractivity contribution is 0.896. The molecular formula is C12H15BrN4S. The number of hydrogen-bond donors (Lipinski definition) is 1. The van der Waals surface area contributed by atoms with Gasteiger partial charge in [0, 0.05) is 11.9 Å². The number of anilines is 2. The minimum atomic E-state index is 0.702. The van der Waals surface area contributed by atoms with Gasteiger partial charge in [-0.1, -0.05) is 0 Å². The number of aromatic nitrogens is 2. The van der Waals surface area contributed by atoms with E-state index in [1.165, 1.54) is 4.88 Å². The van der Waals surface area contributed by atoms with Crippen molar-refractivity contribution in [2.75, 3.05) is 17.7 Å². The molecule has 18 heavy (non-hydrogen) atoms. The monoisotopic (exact) mass is 326 g/mol. The standard InChI is InChI=1S/C12H15BrN4S/c1-7-9(14)4-15-12(11(7)13)17(3)5-10-8(2)16-6-18-10/h4,6H,5,14H2,1-3H3. The molecule has 0 bridgehead atoms. The van der Waals surface area contributed by atoms with Crippen LogP contribution in [0.1, 0.15) is 16.1 Å². The Bertz CT molecular complexity index is 567. The molecule has 4 nitrogen and oxygen atoms in total. The normalized spacial score (nSPS) is 10.7. The third-order valence-corrected chi connectivity index (χ3v) is 4.74. The number of rotatable bonds is 3. The third kappa shape index (κ3) is 2.49. The summed E-state index contributed by atoms with van der Waals surface area (Å²) < 4.78 is 0.951. The number of aryl methyl sites for hydroxylation is 1. The van der Waals surface area contributed by atoms with Crippen LogP contribution >= 0.6 is 27.3 Å². The molecule has 2 heterocycles. The highest BCUT2D eigenvalue weighted by molar-refractivity contribution is 9.10. The molecule has 0 aliphatic carbocycles. The van der Waals surface area contributed by atoms with E-state index in [0.29, 0.717) is 5.69 Å². The van der Waals surface area contributed by atoms with Crippen molar-refractivity contribution in [1.29, 1.82) is 0 Å². The fourth-order valence-electron chi connectivity index (χ4n) is 1.61. The zero-order chi connectivity index (χ0) is 13.3. The highest BCUT2D eigenvalue weighted by Crippen LogP contribution is 2.31. The number of thiazole rings is 1. The van der Waals surface area contributed by atoms with Gasteiger partial charge in [0.1, 0.15) is 5.82 Å². The Kier molecular flexibility index (Phi) is 3.87. The predicted molar refractivity (Wildman–Crippen MR) is 80.0 cm³/mol. The van der Waals surface area contributed by atoms with Crippen molar-refractivity contribution in [3.05, 3.63) is 32.3 Å². The van der Waals surface area contributed by atoms with E-state index in [1.807, 2.05) is 26.4 Å². The van der Waals surface area contributed by atoms with E-state index >= 15 is 0 Å². The molecule has 6 heteroatoms. The summed E-state index contributed by atoms with van der Waals surface area (Å²) in [6, 6.07) is 0.